The Hall–Kier alpha value is -2.20. The number of carbonyl (C=O) groups is 1. The molecule has 0 aromatic heterocycles. The number of aliphatic hydroxyl groups is 1. The van der Waals surface area contributed by atoms with Crippen molar-refractivity contribution in [1.82, 2.24) is 5.32 Å². The van der Waals surface area contributed by atoms with Crippen LogP contribution in [0.2, 0.25) is 0 Å². The molecule has 108 valence electrons. The summed E-state index contributed by atoms with van der Waals surface area (Å²) in [6, 6.07) is 15.8. The van der Waals surface area contributed by atoms with Gasteiger partial charge in [-0.1, -0.05) is 42.5 Å². The third kappa shape index (κ3) is 2.81. The van der Waals surface area contributed by atoms with Crippen molar-refractivity contribution in [3.63, 3.8) is 0 Å². The van der Waals surface area contributed by atoms with Crippen LogP contribution in [-0.4, -0.2) is 23.2 Å². The van der Waals surface area contributed by atoms with E-state index in [0.29, 0.717) is 6.42 Å². The highest BCUT2D eigenvalue weighted by Gasteiger charge is 2.43. The zero-order valence-corrected chi connectivity index (χ0v) is 11.4. The number of rotatable bonds is 4. The van der Waals surface area contributed by atoms with Crippen LogP contribution < -0.4 is 5.32 Å². The summed E-state index contributed by atoms with van der Waals surface area (Å²) >= 11 is 0. The van der Waals surface area contributed by atoms with Crippen molar-refractivity contribution in [3.05, 3.63) is 71.5 Å². The molecular formula is C17H16FNO2. The second-order valence-corrected chi connectivity index (χ2v) is 5.33. The topological polar surface area (TPSA) is 49.3 Å². The standard InChI is InChI=1S/C17H16FNO2/c18-13-8-6-11(7-9-13)10-14(12-4-2-1-3-5-12)15-16(20)17(21)19-15/h1-9,14-16,20H,10H2,(H,19,21)/t14?,15-,16+/m0/s1. The highest BCUT2D eigenvalue weighted by molar-refractivity contribution is 5.88. The second-order valence-electron chi connectivity index (χ2n) is 5.33. The van der Waals surface area contributed by atoms with E-state index >= 15 is 0 Å². The fraction of sp³-hybridized carbons (Fsp3) is 0.235. The summed E-state index contributed by atoms with van der Waals surface area (Å²) in [6.45, 7) is 0. The Morgan fingerprint density at radius 2 is 1.76 bits per heavy atom. The van der Waals surface area contributed by atoms with E-state index in [4.69, 9.17) is 0 Å². The van der Waals surface area contributed by atoms with E-state index < -0.39 is 6.10 Å². The summed E-state index contributed by atoms with van der Waals surface area (Å²) in [5.41, 5.74) is 2.02. The molecule has 1 amide bonds. The van der Waals surface area contributed by atoms with E-state index in [0.717, 1.165) is 11.1 Å². The van der Waals surface area contributed by atoms with Crippen LogP contribution in [0, 0.1) is 5.82 Å². The zero-order chi connectivity index (χ0) is 14.8. The maximum atomic E-state index is 13.0. The molecule has 2 aromatic rings. The highest BCUT2D eigenvalue weighted by atomic mass is 19.1. The van der Waals surface area contributed by atoms with Gasteiger partial charge in [0.05, 0.1) is 6.04 Å². The first-order chi connectivity index (χ1) is 10.1. The third-order valence-corrected chi connectivity index (χ3v) is 3.95. The predicted molar refractivity (Wildman–Crippen MR) is 77.2 cm³/mol. The van der Waals surface area contributed by atoms with Crippen LogP contribution in [0.15, 0.2) is 54.6 Å². The quantitative estimate of drug-likeness (QED) is 0.844. The van der Waals surface area contributed by atoms with Crippen LogP contribution in [0.1, 0.15) is 17.0 Å². The van der Waals surface area contributed by atoms with Crippen LogP contribution in [0.5, 0.6) is 0 Å². The maximum Gasteiger partial charge on any atom is 0.251 e. The van der Waals surface area contributed by atoms with Gasteiger partial charge in [0, 0.05) is 5.92 Å². The SMILES string of the molecule is O=C1N[C@@H](C(Cc2ccc(F)cc2)c2ccccc2)[C@H]1O. The van der Waals surface area contributed by atoms with E-state index in [1.165, 1.54) is 12.1 Å². The number of hydrogen-bond acceptors (Lipinski definition) is 2. The lowest BCUT2D eigenvalue weighted by Gasteiger charge is -2.39. The minimum Gasteiger partial charge on any atom is -0.381 e. The van der Waals surface area contributed by atoms with Gasteiger partial charge in [0.2, 0.25) is 0 Å². The monoisotopic (exact) mass is 285 g/mol. The minimum absolute atomic E-state index is 0.0376. The van der Waals surface area contributed by atoms with Crippen LogP contribution in [-0.2, 0) is 11.2 Å². The summed E-state index contributed by atoms with van der Waals surface area (Å²) in [6.07, 6.45) is -0.345. The Labute approximate surface area is 122 Å². The lowest BCUT2D eigenvalue weighted by Crippen LogP contribution is -2.64. The maximum absolute atomic E-state index is 13.0. The Morgan fingerprint density at radius 3 is 2.33 bits per heavy atom. The number of aliphatic hydroxyl groups excluding tert-OH is 1. The molecule has 0 saturated carbocycles. The van der Waals surface area contributed by atoms with Crippen LogP contribution in [0.4, 0.5) is 4.39 Å². The summed E-state index contributed by atoms with van der Waals surface area (Å²) in [5, 5.41) is 12.6. The Bertz CT molecular complexity index is 627. The molecule has 1 saturated heterocycles. The first kappa shape index (κ1) is 13.8. The van der Waals surface area contributed by atoms with Crippen molar-refractivity contribution < 1.29 is 14.3 Å². The van der Waals surface area contributed by atoms with Gasteiger partial charge in [-0.15, -0.1) is 0 Å². The van der Waals surface area contributed by atoms with Crippen LogP contribution in [0.3, 0.4) is 0 Å². The van der Waals surface area contributed by atoms with E-state index in [-0.39, 0.29) is 23.7 Å². The second kappa shape index (κ2) is 5.66. The highest BCUT2D eigenvalue weighted by Crippen LogP contribution is 2.30. The fourth-order valence-electron chi connectivity index (χ4n) is 2.74. The van der Waals surface area contributed by atoms with Crippen molar-refractivity contribution in [1.29, 1.82) is 0 Å². The average Bonchev–Trinajstić information content (AvgIpc) is 2.53. The molecular weight excluding hydrogens is 269 g/mol. The first-order valence-corrected chi connectivity index (χ1v) is 6.93. The molecule has 4 heteroatoms. The molecule has 3 nitrogen and oxygen atoms in total. The van der Waals surface area contributed by atoms with Crippen molar-refractivity contribution >= 4 is 5.91 Å². The molecule has 1 heterocycles. The van der Waals surface area contributed by atoms with Gasteiger partial charge >= 0.3 is 0 Å². The van der Waals surface area contributed by atoms with Gasteiger partial charge in [0.25, 0.3) is 5.91 Å². The van der Waals surface area contributed by atoms with Crippen molar-refractivity contribution in [2.45, 2.75) is 24.5 Å². The van der Waals surface area contributed by atoms with Crippen LogP contribution >= 0.6 is 0 Å². The molecule has 1 unspecified atom stereocenters. The molecule has 0 spiro atoms. The van der Waals surface area contributed by atoms with Gasteiger partial charge in [0.1, 0.15) is 5.82 Å². The molecule has 3 rings (SSSR count). The minimum atomic E-state index is -0.976. The number of hydrogen-bond donors (Lipinski definition) is 2. The van der Waals surface area contributed by atoms with Gasteiger partial charge in [-0.2, -0.15) is 0 Å². The Kier molecular flexibility index (Phi) is 3.71. The molecule has 0 radical (unpaired) electrons. The summed E-state index contributed by atoms with van der Waals surface area (Å²) in [5.74, 6) is -0.642. The van der Waals surface area contributed by atoms with E-state index in [1.54, 1.807) is 12.1 Å². The molecule has 0 bridgehead atoms. The summed E-state index contributed by atoms with van der Waals surface area (Å²) in [7, 11) is 0. The molecule has 1 aliphatic heterocycles. The molecule has 1 fully saturated rings. The molecule has 2 aromatic carbocycles. The van der Waals surface area contributed by atoms with Gasteiger partial charge in [0.15, 0.2) is 6.10 Å². The fourth-order valence-corrected chi connectivity index (χ4v) is 2.74. The van der Waals surface area contributed by atoms with Gasteiger partial charge in [-0.25, -0.2) is 4.39 Å². The predicted octanol–water partition coefficient (Wildman–Crippen LogP) is 2.01. The number of benzene rings is 2. The normalized spacial score (nSPS) is 22.3. The lowest BCUT2D eigenvalue weighted by molar-refractivity contribution is -0.143. The number of β-lactam (4-membered cyclic amide) rings is 1. The molecule has 0 aliphatic carbocycles. The average molecular weight is 285 g/mol. The largest absolute Gasteiger partial charge is 0.381 e. The van der Waals surface area contributed by atoms with Crippen molar-refractivity contribution in [3.8, 4) is 0 Å². The summed E-state index contributed by atoms with van der Waals surface area (Å²) < 4.78 is 13.0. The molecule has 2 N–H and O–H groups in total. The van der Waals surface area contributed by atoms with Crippen LogP contribution in [0.25, 0.3) is 0 Å². The number of halogens is 1. The zero-order valence-electron chi connectivity index (χ0n) is 11.4. The number of nitrogens with one attached hydrogen (secondary N) is 1. The smallest absolute Gasteiger partial charge is 0.251 e. The Morgan fingerprint density at radius 1 is 1.10 bits per heavy atom. The van der Waals surface area contributed by atoms with Gasteiger partial charge in [-0.05, 0) is 29.7 Å². The van der Waals surface area contributed by atoms with Gasteiger partial charge in [-0.3, -0.25) is 4.79 Å². The van der Waals surface area contributed by atoms with Crippen molar-refractivity contribution in [2.75, 3.05) is 0 Å². The number of amides is 1. The van der Waals surface area contributed by atoms with E-state index in [2.05, 4.69) is 5.32 Å². The van der Waals surface area contributed by atoms with Gasteiger partial charge < -0.3 is 10.4 Å². The summed E-state index contributed by atoms with van der Waals surface area (Å²) in [4.78, 5) is 11.3. The first-order valence-electron chi connectivity index (χ1n) is 6.93. The molecule has 1 aliphatic rings. The molecule has 3 atom stereocenters. The Balaban J connectivity index is 1.86. The third-order valence-electron chi connectivity index (χ3n) is 3.95. The van der Waals surface area contributed by atoms with E-state index in [9.17, 15) is 14.3 Å². The van der Waals surface area contributed by atoms with Crippen molar-refractivity contribution in [2.24, 2.45) is 0 Å². The number of carbonyl (C=O) groups excluding carboxylic acids is 1. The van der Waals surface area contributed by atoms with E-state index in [1.807, 2.05) is 30.3 Å². The lowest BCUT2D eigenvalue weighted by atomic mass is 9.80. The molecule has 21 heavy (non-hydrogen) atoms.